The fourth-order valence-electron chi connectivity index (χ4n) is 7.14. The number of benzene rings is 2. The summed E-state index contributed by atoms with van der Waals surface area (Å²) < 4.78 is 39.3. The summed E-state index contributed by atoms with van der Waals surface area (Å²) in [5.41, 5.74) is 1.56. The van der Waals surface area contributed by atoms with Crippen LogP contribution < -0.4 is 0 Å². The molecule has 4 fully saturated rings. The molecular formula is C29H33F3N2O. The smallest absolute Gasteiger partial charge is 0.342 e. The molecule has 2 heterocycles. The van der Waals surface area contributed by atoms with E-state index in [4.69, 9.17) is 0 Å². The van der Waals surface area contributed by atoms with Gasteiger partial charge >= 0.3 is 6.18 Å². The highest BCUT2D eigenvalue weighted by atomic mass is 19.4. The number of piperidine rings is 1. The summed E-state index contributed by atoms with van der Waals surface area (Å²) in [5.74, 6) is 1.99. The van der Waals surface area contributed by atoms with Gasteiger partial charge in [-0.2, -0.15) is 13.2 Å². The Morgan fingerprint density at radius 2 is 1.46 bits per heavy atom. The molecule has 35 heavy (non-hydrogen) atoms. The number of carbonyl (C=O) groups excluding carboxylic acids is 1. The van der Waals surface area contributed by atoms with E-state index in [9.17, 15) is 18.0 Å². The van der Waals surface area contributed by atoms with Crippen molar-refractivity contribution in [1.82, 2.24) is 9.80 Å². The van der Waals surface area contributed by atoms with Gasteiger partial charge in [-0.15, -0.1) is 0 Å². The number of hydrogen-bond donors (Lipinski definition) is 0. The molecule has 2 saturated carbocycles. The highest BCUT2D eigenvalue weighted by Crippen LogP contribution is 2.54. The lowest BCUT2D eigenvalue weighted by atomic mass is 9.81. The Morgan fingerprint density at radius 1 is 0.771 bits per heavy atom. The zero-order valence-corrected chi connectivity index (χ0v) is 20.0. The maximum atomic E-state index is 13.2. The first-order chi connectivity index (χ1) is 16.9. The predicted molar refractivity (Wildman–Crippen MR) is 129 cm³/mol. The van der Waals surface area contributed by atoms with Crippen LogP contribution in [0, 0.1) is 17.8 Å². The maximum Gasteiger partial charge on any atom is 0.416 e. The molecule has 2 aromatic carbocycles. The summed E-state index contributed by atoms with van der Waals surface area (Å²) in [5, 5.41) is 0. The Labute approximate surface area is 205 Å². The lowest BCUT2D eigenvalue weighted by molar-refractivity contribution is -0.137. The van der Waals surface area contributed by atoms with Crippen LogP contribution in [0.2, 0.25) is 0 Å². The second-order valence-corrected chi connectivity index (χ2v) is 11.1. The Morgan fingerprint density at radius 3 is 2.14 bits per heavy atom. The second-order valence-electron chi connectivity index (χ2n) is 11.1. The van der Waals surface area contributed by atoms with E-state index in [0.29, 0.717) is 42.4 Å². The van der Waals surface area contributed by atoms with Gasteiger partial charge in [0.15, 0.2) is 0 Å². The molecule has 0 spiro atoms. The number of fused-ring (bicyclic) bond motifs is 1. The van der Waals surface area contributed by atoms with Gasteiger partial charge < -0.3 is 4.90 Å². The van der Waals surface area contributed by atoms with Crippen molar-refractivity contribution in [2.75, 3.05) is 26.2 Å². The molecule has 0 N–H and O–H groups in total. The highest BCUT2D eigenvalue weighted by molar-refractivity contribution is 5.83. The zero-order valence-electron chi connectivity index (χ0n) is 20.0. The number of rotatable bonds is 4. The third-order valence-corrected chi connectivity index (χ3v) is 9.18. The highest BCUT2D eigenvalue weighted by Gasteiger charge is 2.61. The van der Waals surface area contributed by atoms with E-state index in [1.807, 2.05) is 4.90 Å². The van der Waals surface area contributed by atoms with E-state index in [-0.39, 0.29) is 17.7 Å². The van der Waals surface area contributed by atoms with Crippen molar-refractivity contribution in [3.05, 3.63) is 71.3 Å². The molecule has 2 aliphatic carbocycles. The topological polar surface area (TPSA) is 23.6 Å². The number of halogens is 3. The molecule has 6 rings (SSSR count). The first kappa shape index (κ1) is 23.1. The van der Waals surface area contributed by atoms with E-state index in [1.165, 1.54) is 43.4 Å². The standard InChI is InChI=1S/C29H33F3N2O/c30-29(31,32)23-8-4-7-21(15-23)22-13-14-33(16-22)28(35)27-25-17-34(18-26(25)27)24-11-9-20(10-12-24)19-5-2-1-3-6-19/h1-8,15,20,22,24-27H,9-14,16-18H2/t20?,22?,24?,25-,26+,27?. The van der Waals surface area contributed by atoms with Crippen LogP contribution in [0.4, 0.5) is 13.2 Å². The molecule has 0 radical (unpaired) electrons. The first-order valence-electron chi connectivity index (χ1n) is 13.1. The Kier molecular flexibility index (Phi) is 5.90. The van der Waals surface area contributed by atoms with Crippen LogP contribution in [-0.4, -0.2) is 47.9 Å². The lowest BCUT2D eigenvalue weighted by Crippen LogP contribution is -2.40. The minimum atomic E-state index is -4.33. The van der Waals surface area contributed by atoms with E-state index < -0.39 is 11.7 Å². The van der Waals surface area contributed by atoms with Crippen molar-refractivity contribution in [3.8, 4) is 0 Å². The fraction of sp³-hybridized carbons (Fsp3) is 0.552. The van der Waals surface area contributed by atoms with Crippen LogP contribution in [0.3, 0.4) is 0 Å². The number of alkyl halides is 3. The molecule has 6 heteroatoms. The normalized spacial score (nSPS) is 33.1. The summed E-state index contributed by atoms with van der Waals surface area (Å²) in [6.45, 7) is 3.27. The number of likely N-dealkylation sites (tertiary alicyclic amines) is 2. The average Bonchev–Trinajstić information content (AvgIpc) is 3.21. The molecule has 2 aromatic rings. The monoisotopic (exact) mass is 482 g/mol. The van der Waals surface area contributed by atoms with Gasteiger partial charge in [0.25, 0.3) is 0 Å². The molecule has 2 unspecified atom stereocenters. The van der Waals surface area contributed by atoms with Crippen LogP contribution in [0.1, 0.15) is 60.6 Å². The lowest BCUT2D eigenvalue weighted by Gasteiger charge is -2.36. The van der Waals surface area contributed by atoms with Gasteiger partial charge in [0, 0.05) is 44.1 Å². The maximum absolute atomic E-state index is 13.2. The number of hydrogen-bond acceptors (Lipinski definition) is 2. The Hall–Kier alpha value is -2.34. The largest absolute Gasteiger partial charge is 0.416 e. The van der Waals surface area contributed by atoms with E-state index in [2.05, 4.69) is 35.2 Å². The molecule has 2 aliphatic heterocycles. The fourth-order valence-corrected chi connectivity index (χ4v) is 7.14. The number of nitrogens with zero attached hydrogens (tertiary/aromatic N) is 2. The third-order valence-electron chi connectivity index (χ3n) is 9.18. The second kappa shape index (κ2) is 8.95. The zero-order chi connectivity index (χ0) is 24.2. The molecule has 2 saturated heterocycles. The molecular weight excluding hydrogens is 449 g/mol. The van der Waals surface area contributed by atoms with Gasteiger partial charge in [-0.3, -0.25) is 9.69 Å². The van der Waals surface area contributed by atoms with Gasteiger partial charge in [0.1, 0.15) is 0 Å². The van der Waals surface area contributed by atoms with E-state index in [1.54, 1.807) is 6.07 Å². The summed E-state index contributed by atoms with van der Waals surface area (Å²) in [4.78, 5) is 17.8. The van der Waals surface area contributed by atoms with Crippen LogP contribution in [0.25, 0.3) is 0 Å². The van der Waals surface area contributed by atoms with Crippen LogP contribution in [0.5, 0.6) is 0 Å². The summed E-state index contributed by atoms with van der Waals surface area (Å²) in [7, 11) is 0. The van der Waals surface area contributed by atoms with Crippen molar-refractivity contribution >= 4 is 5.91 Å². The number of amides is 1. The molecule has 4 atom stereocenters. The van der Waals surface area contributed by atoms with Crippen molar-refractivity contribution in [3.63, 3.8) is 0 Å². The quantitative estimate of drug-likeness (QED) is 0.540. The van der Waals surface area contributed by atoms with Crippen LogP contribution in [0.15, 0.2) is 54.6 Å². The van der Waals surface area contributed by atoms with Crippen molar-refractivity contribution < 1.29 is 18.0 Å². The molecule has 1 amide bonds. The van der Waals surface area contributed by atoms with Crippen LogP contribution in [-0.2, 0) is 11.0 Å². The minimum Gasteiger partial charge on any atom is -0.342 e. The van der Waals surface area contributed by atoms with Crippen molar-refractivity contribution in [2.24, 2.45) is 17.8 Å². The third kappa shape index (κ3) is 4.50. The first-order valence-corrected chi connectivity index (χ1v) is 13.1. The SMILES string of the molecule is O=C(C1[C@H]2CN(C3CCC(c4ccccc4)CC3)C[C@@H]12)N1CCC(c2cccc(C(F)(F)F)c2)C1. The molecule has 0 aromatic heterocycles. The van der Waals surface area contributed by atoms with Gasteiger partial charge in [0.05, 0.1) is 5.56 Å². The summed E-state index contributed by atoms with van der Waals surface area (Å²) in [6, 6.07) is 17.1. The Balaban J connectivity index is 0.995. The molecule has 4 aliphatic rings. The average molecular weight is 483 g/mol. The minimum absolute atomic E-state index is 0.00358. The van der Waals surface area contributed by atoms with Gasteiger partial charge in [-0.1, -0.05) is 48.5 Å². The number of carbonyl (C=O) groups is 1. The summed E-state index contributed by atoms with van der Waals surface area (Å²) in [6.07, 6.45) is 1.38. The van der Waals surface area contributed by atoms with Gasteiger partial charge in [-0.05, 0) is 67.1 Å². The molecule has 186 valence electrons. The van der Waals surface area contributed by atoms with Gasteiger partial charge in [-0.25, -0.2) is 0 Å². The van der Waals surface area contributed by atoms with Crippen LogP contribution >= 0.6 is 0 Å². The molecule has 0 bridgehead atoms. The Bertz CT molecular complexity index is 1050. The van der Waals surface area contributed by atoms with Gasteiger partial charge in [0.2, 0.25) is 5.91 Å². The van der Waals surface area contributed by atoms with Crippen molar-refractivity contribution in [2.45, 2.75) is 56.2 Å². The van der Waals surface area contributed by atoms with E-state index >= 15 is 0 Å². The predicted octanol–water partition coefficient (Wildman–Crippen LogP) is 5.93. The van der Waals surface area contributed by atoms with E-state index in [0.717, 1.165) is 25.6 Å². The molecule has 3 nitrogen and oxygen atoms in total. The van der Waals surface area contributed by atoms with Crippen molar-refractivity contribution in [1.29, 1.82) is 0 Å². The summed E-state index contributed by atoms with van der Waals surface area (Å²) >= 11 is 0.